The minimum absolute atomic E-state index is 0.195. The van der Waals surface area contributed by atoms with Gasteiger partial charge < -0.3 is 40.3 Å². The maximum absolute atomic E-state index is 13.0. The van der Waals surface area contributed by atoms with Crippen molar-refractivity contribution >= 4 is 5.91 Å². The van der Waals surface area contributed by atoms with Gasteiger partial charge in [0, 0.05) is 6.42 Å². The number of carbonyl (C=O) groups excluding carboxylic acids is 1. The van der Waals surface area contributed by atoms with E-state index in [1.165, 1.54) is 70.6 Å². The van der Waals surface area contributed by atoms with Gasteiger partial charge in [-0.05, 0) is 70.6 Å². The molecule has 0 aromatic heterocycles. The van der Waals surface area contributed by atoms with Crippen LogP contribution in [-0.2, 0) is 14.3 Å². The molecule has 6 N–H and O–H groups in total. The lowest BCUT2D eigenvalue weighted by atomic mass is 9.99. The molecule has 0 spiro atoms. The van der Waals surface area contributed by atoms with Crippen molar-refractivity contribution in [2.45, 2.75) is 236 Å². The average molecular weight is 884 g/mol. The van der Waals surface area contributed by atoms with E-state index in [0.29, 0.717) is 6.42 Å². The molecule has 63 heavy (non-hydrogen) atoms. The molecule has 1 amide bonds. The van der Waals surface area contributed by atoms with Gasteiger partial charge in [0.25, 0.3) is 0 Å². The van der Waals surface area contributed by atoms with E-state index in [1.807, 2.05) is 6.08 Å². The van der Waals surface area contributed by atoms with Crippen molar-refractivity contribution in [1.82, 2.24) is 5.32 Å². The molecule has 1 saturated heterocycles. The van der Waals surface area contributed by atoms with Crippen molar-refractivity contribution in [3.05, 3.63) is 85.1 Å². The summed E-state index contributed by atoms with van der Waals surface area (Å²) in [7, 11) is 0. The number of aliphatic hydroxyl groups excluding tert-OH is 5. The number of nitrogens with one attached hydrogen (secondary N) is 1. The van der Waals surface area contributed by atoms with E-state index < -0.39 is 49.5 Å². The van der Waals surface area contributed by atoms with Gasteiger partial charge in [0.15, 0.2) is 6.29 Å². The zero-order valence-corrected chi connectivity index (χ0v) is 39.8. The van der Waals surface area contributed by atoms with Crippen LogP contribution in [0.15, 0.2) is 85.1 Å². The highest BCUT2D eigenvalue weighted by Gasteiger charge is 2.44. The zero-order chi connectivity index (χ0) is 45.9. The van der Waals surface area contributed by atoms with Crippen LogP contribution in [0.4, 0.5) is 0 Å². The van der Waals surface area contributed by atoms with Gasteiger partial charge >= 0.3 is 0 Å². The predicted octanol–water partition coefficient (Wildman–Crippen LogP) is 11.5. The first-order valence-corrected chi connectivity index (χ1v) is 25.3. The summed E-state index contributed by atoms with van der Waals surface area (Å²) < 4.78 is 11.2. The number of carbonyl (C=O) groups is 1. The van der Waals surface area contributed by atoms with Crippen molar-refractivity contribution in [2.75, 3.05) is 13.2 Å². The Labute approximate surface area is 384 Å². The Hall–Kier alpha value is -2.63. The second kappa shape index (κ2) is 43.3. The molecule has 7 unspecified atom stereocenters. The molecule has 7 atom stereocenters. The molecule has 0 aliphatic carbocycles. The number of unbranched alkanes of at least 4 members (excludes halogenated alkanes) is 19. The molecular weight excluding hydrogens is 791 g/mol. The Morgan fingerprint density at radius 1 is 0.556 bits per heavy atom. The highest BCUT2D eigenvalue weighted by molar-refractivity contribution is 5.76. The van der Waals surface area contributed by atoms with Gasteiger partial charge in [-0.15, -0.1) is 0 Å². The molecule has 1 fully saturated rings. The Morgan fingerprint density at radius 3 is 1.46 bits per heavy atom. The van der Waals surface area contributed by atoms with Crippen molar-refractivity contribution in [1.29, 1.82) is 0 Å². The fraction of sp³-hybridized carbons (Fsp3) is 0.722. The van der Waals surface area contributed by atoms with Crippen LogP contribution in [-0.4, -0.2) is 87.5 Å². The van der Waals surface area contributed by atoms with Crippen LogP contribution in [0.1, 0.15) is 194 Å². The summed E-state index contributed by atoms with van der Waals surface area (Å²) in [6.45, 7) is 3.64. The number of hydrogen-bond donors (Lipinski definition) is 6. The third kappa shape index (κ3) is 33.5. The van der Waals surface area contributed by atoms with E-state index in [0.717, 1.165) is 103 Å². The first kappa shape index (κ1) is 58.4. The maximum atomic E-state index is 13.0. The normalized spacial score (nSPS) is 20.9. The summed E-state index contributed by atoms with van der Waals surface area (Å²) in [4.78, 5) is 13.0. The lowest BCUT2D eigenvalue weighted by molar-refractivity contribution is -0.302. The van der Waals surface area contributed by atoms with Crippen LogP contribution in [0, 0.1) is 0 Å². The van der Waals surface area contributed by atoms with Crippen LogP contribution in [0.3, 0.4) is 0 Å². The lowest BCUT2D eigenvalue weighted by Gasteiger charge is -2.40. The Balaban J connectivity index is 2.31. The molecule has 1 aliphatic heterocycles. The van der Waals surface area contributed by atoms with Gasteiger partial charge in [-0.1, -0.05) is 202 Å². The molecule has 0 radical (unpaired) electrons. The van der Waals surface area contributed by atoms with Gasteiger partial charge in [-0.2, -0.15) is 0 Å². The third-order valence-electron chi connectivity index (χ3n) is 11.5. The number of rotatable bonds is 41. The zero-order valence-electron chi connectivity index (χ0n) is 39.8. The molecule has 1 aliphatic rings. The van der Waals surface area contributed by atoms with E-state index in [2.05, 4.69) is 92.1 Å². The highest BCUT2D eigenvalue weighted by atomic mass is 16.7. The van der Waals surface area contributed by atoms with Crippen molar-refractivity contribution < 1.29 is 39.8 Å². The SMILES string of the molecule is CC/C=C\C/C=C\C/C=C\C/C=C\C/C=C\C/C=C\CCCCCCCCC(=O)NC(COC1OC(CO)C(O)C(O)C1O)C(O)/C=C/CCCCCCCCCCCCCCC. The maximum Gasteiger partial charge on any atom is 0.220 e. The molecule has 0 aromatic rings. The third-order valence-corrected chi connectivity index (χ3v) is 11.5. The monoisotopic (exact) mass is 884 g/mol. The second-order valence-electron chi connectivity index (χ2n) is 17.2. The second-order valence-corrected chi connectivity index (χ2v) is 17.2. The predicted molar refractivity (Wildman–Crippen MR) is 262 cm³/mol. The smallest absolute Gasteiger partial charge is 0.220 e. The van der Waals surface area contributed by atoms with Crippen LogP contribution in [0.2, 0.25) is 0 Å². The number of aliphatic hydroxyl groups is 5. The number of amides is 1. The molecule has 1 heterocycles. The highest BCUT2D eigenvalue weighted by Crippen LogP contribution is 2.22. The Morgan fingerprint density at radius 2 is 0.984 bits per heavy atom. The van der Waals surface area contributed by atoms with Gasteiger partial charge in [0.05, 0.1) is 25.4 Å². The Bertz CT molecular complexity index is 1260. The fourth-order valence-corrected chi connectivity index (χ4v) is 7.45. The average Bonchev–Trinajstić information content (AvgIpc) is 3.28. The van der Waals surface area contributed by atoms with E-state index >= 15 is 0 Å². The lowest BCUT2D eigenvalue weighted by Crippen LogP contribution is -2.60. The molecule has 9 heteroatoms. The van der Waals surface area contributed by atoms with Gasteiger partial charge in [-0.3, -0.25) is 4.79 Å². The topological polar surface area (TPSA) is 149 Å². The first-order valence-electron chi connectivity index (χ1n) is 25.3. The first-order chi connectivity index (χ1) is 30.8. The number of ether oxygens (including phenoxy) is 2. The van der Waals surface area contributed by atoms with Crippen LogP contribution in [0.25, 0.3) is 0 Å². The van der Waals surface area contributed by atoms with E-state index in [1.54, 1.807) is 6.08 Å². The van der Waals surface area contributed by atoms with Gasteiger partial charge in [0.1, 0.15) is 24.4 Å². The molecule has 0 bridgehead atoms. The molecule has 362 valence electrons. The minimum Gasteiger partial charge on any atom is -0.394 e. The van der Waals surface area contributed by atoms with E-state index in [-0.39, 0.29) is 12.5 Å². The fourth-order valence-electron chi connectivity index (χ4n) is 7.45. The van der Waals surface area contributed by atoms with Crippen LogP contribution < -0.4 is 5.32 Å². The molecule has 9 nitrogen and oxygen atoms in total. The standard InChI is InChI=1S/C54H93NO8/c1-3-5-7-9-11-13-15-17-19-20-21-22-23-24-25-26-27-28-30-32-34-36-38-40-42-44-50(58)55-47(46-62-54-53(61)52(60)51(59)49(45-56)63-54)48(57)43-41-39-37-35-33-31-29-18-16-14-12-10-8-6-4-2/h5,7,11,13,17,19,21-22,24-25,27-28,41,43,47-49,51-54,56-57,59-61H,3-4,6,8-10,12,14-16,18,20,23,26,29-40,42,44-46H2,1-2H3,(H,55,58)/b7-5-,13-11-,19-17-,22-21-,25-24-,28-27-,43-41+. The molecular formula is C54H93NO8. The summed E-state index contributed by atoms with van der Waals surface area (Å²) in [6, 6.07) is -0.818. The summed E-state index contributed by atoms with van der Waals surface area (Å²) in [5.74, 6) is -0.195. The Kier molecular flexibility index (Phi) is 40.1. The molecule has 1 rings (SSSR count). The summed E-state index contributed by atoms with van der Waals surface area (Å²) in [5.41, 5.74) is 0. The van der Waals surface area contributed by atoms with Crippen LogP contribution in [0.5, 0.6) is 0 Å². The van der Waals surface area contributed by atoms with Gasteiger partial charge in [0.2, 0.25) is 5.91 Å². The largest absolute Gasteiger partial charge is 0.394 e. The molecule has 0 aromatic carbocycles. The summed E-state index contributed by atoms with van der Waals surface area (Å²) in [6.07, 6.45) is 53.3. The van der Waals surface area contributed by atoms with Crippen LogP contribution >= 0.6 is 0 Å². The van der Waals surface area contributed by atoms with Crippen molar-refractivity contribution in [3.8, 4) is 0 Å². The van der Waals surface area contributed by atoms with Gasteiger partial charge in [-0.25, -0.2) is 0 Å². The number of hydrogen-bond acceptors (Lipinski definition) is 8. The quantitative estimate of drug-likeness (QED) is 0.0263. The molecule has 0 saturated carbocycles. The van der Waals surface area contributed by atoms with Crippen molar-refractivity contribution in [2.24, 2.45) is 0 Å². The summed E-state index contributed by atoms with van der Waals surface area (Å²) >= 11 is 0. The van der Waals surface area contributed by atoms with E-state index in [9.17, 15) is 30.3 Å². The van der Waals surface area contributed by atoms with E-state index in [4.69, 9.17) is 9.47 Å². The minimum atomic E-state index is -1.57. The number of allylic oxidation sites excluding steroid dienone is 13. The summed E-state index contributed by atoms with van der Waals surface area (Å²) in [5, 5.41) is 54.3. The van der Waals surface area contributed by atoms with Crippen molar-refractivity contribution in [3.63, 3.8) is 0 Å².